The van der Waals surface area contributed by atoms with Gasteiger partial charge in [-0.1, -0.05) is 37.0 Å². The fraction of sp³-hybridized carbons (Fsp3) is 0.412. The van der Waals surface area contributed by atoms with Gasteiger partial charge in [-0.2, -0.15) is 0 Å². The normalized spacial score (nSPS) is 14.3. The summed E-state index contributed by atoms with van der Waals surface area (Å²) in [6.45, 7) is 8.02. The number of hydrogen-bond acceptors (Lipinski definition) is 3. The van der Waals surface area contributed by atoms with Crippen LogP contribution in [0.4, 0.5) is 5.69 Å². The van der Waals surface area contributed by atoms with E-state index in [2.05, 4.69) is 28.0 Å². The molecule has 0 N–H and O–H groups in total. The van der Waals surface area contributed by atoms with Crippen molar-refractivity contribution in [1.82, 2.24) is 4.98 Å². The van der Waals surface area contributed by atoms with Gasteiger partial charge in [-0.05, 0) is 43.3 Å². The molecule has 0 atom stereocenters. The minimum Gasteiger partial charge on any atom is -0.373 e. The van der Waals surface area contributed by atoms with E-state index >= 15 is 0 Å². The van der Waals surface area contributed by atoms with Gasteiger partial charge in [-0.25, -0.2) is 10.2 Å². The van der Waals surface area contributed by atoms with Crippen LogP contribution in [0, 0.1) is 18.2 Å². The van der Waals surface area contributed by atoms with Crippen molar-refractivity contribution in [3.63, 3.8) is 0 Å². The number of hydrogen-bond donors (Lipinski definition) is 0. The number of pyridine rings is 1. The Bertz CT molecular complexity index is 735. The Morgan fingerprint density at radius 2 is 1.83 bits per heavy atom. The summed E-state index contributed by atoms with van der Waals surface area (Å²) in [5.41, 5.74) is 3.06. The van der Waals surface area contributed by atoms with Crippen LogP contribution in [0.25, 0.3) is 10.9 Å². The summed E-state index contributed by atoms with van der Waals surface area (Å²) in [6, 6.07) is 5.87. The zero-order valence-corrected chi connectivity index (χ0v) is 15.2. The first-order valence-corrected chi connectivity index (χ1v) is 8.75. The van der Waals surface area contributed by atoms with Gasteiger partial charge in [0.2, 0.25) is 0 Å². The molecule has 2 heterocycles. The lowest BCUT2D eigenvalue weighted by molar-refractivity contribution is 0.822. The van der Waals surface area contributed by atoms with E-state index in [1.807, 2.05) is 20.8 Å². The zero-order chi connectivity index (χ0) is 17.0. The van der Waals surface area contributed by atoms with Gasteiger partial charge in [0, 0.05) is 30.1 Å². The predicted molar refractivity (Wildman–Crippen MR) is 101 cm³/mol. The standard InChI is InChI=1S/C15H14BCl2N3.C2H6/c1-10-6-11(21-4-2-16(9-19)3-5-21)7-12-13(17)8-14(18)20-15(10)12;1-2/h6-8H,2-5H2,1H3;1-2H3. The Kier molecular flexibility index (Phi) is 6.15. The minimum atomic E-state index is 0.187. The zero-order valence-electron chi connectivity index (χ0n) is 13.7. The number of aromatic nitrogens is 1. The van der Waals surface area contributed by atoms with Crippen molar-refractivity contribution in [2.45, 2.75) is 33.4 Å². The smallest absolute Gasteiger partial charge is 0.271 e. The molecule has 0 radical (unpaired) electrons. The molecule has 6 heteroatoms. The lowest BCUT2D eigenvalue weighted by Crippen LogP contribution is -2.36. The molecule has 1 aromatic carbocycles. The number of benzene rings is 1. The highest BCUT2D eigenvalue weighted by Crippen LogP contribution is 2.32. The molecule has 1 fully saturated rings. The predicted octanol–water partition coefficient (Wildman–Crippen LogP) is 5.25. The summed E-state index contributed by atoms with van der Waals surface area (Å²) >= 11 is 12.3. The van der Waals surface area contributed by atoms with E-state index in [1.54, 1.807) is 6.07 Å². The second-order valence-corrected chi connectivity index (χ2v) is 6.27. The molecule has 1 aliphatic heterocycles. The lowest BCUT2D eigenvalue weighted by Gasteiger charge is -2.30. The van der Waals surface area contributed by atoms with E-state index in [1.165, 1.54) is 0 Å². The fourth-order valence-corrected chi connectivity index (χ4v) is 3.36. The van der Waals surface area contributed by atoms with Crippen LogP contribution < -0.4 is 4.90 Å². The van der Waals surface area contributed by atoms with Gasteiger partial charge in [-0.3, -0.25) is 0 Å². The van der Waals surface area contributed by atoms with Gasteiger partial charge in [-0.15, -0.1) is 0 Å². The molecule has 0 aliphatic carbocycles. The van der Waals surface area contributed by atoms with Crippen molar-refractivity contribution in [3.05, 3.63) is 33.9 Å². The molecule has 3 nitrogen and oxygen atoms in total. The van der Waals surface area contributed by atoms with Crippen LogP contribution in [0.3, 0.4) is 0 Å². The molecule has 0 bridgehead atoms. The Balaban J connectivity index is 0.000000924. The number of nitriles is 1. The maximum atomic E-state index is 8.99. The second-order valence-electron chi connectivity index (χ2n) is 5.48. The third kappa shape index (κ3) is 3.91. The Hall–Kier alpha value is -1.44. The monoisotopic (exact) mass is 347 g/mol. The van der Waals surface area contributed by atoms with E-state index in [0.29, 0.717) is 10.2 Å². The highest BCUT2D eigenvalue weighted by molar-refractivity contribution is 6.67. The number of rotatable bonds is 1. The van der Waals surface area contributed by atoms with Gasteiger partial charge < -0.3 is 4.90 Å². The van der Waals surface area contributed by atoms with Crippen molar-refractivity contribution < 1.29 is 0 Å². The SMILES string of the molecule is CC.Cc1cc(N2CCB(C#N)CC2)cc2c(Cl)cc(Cl)nc12. The van der Waals surface area contributed by atoms with Crippen LogP contribution in [0.5, 0.6) is 0 Å². The fourth-order valence-electron chi connectivity index (χ4n) is 2.86. The Morgan fingerprint density at radius 3 is 2.43 bits per heavy atom. The van der Waals surface area contributed by atoms with E-state index in [9.17, 15) is 0 Å². The molecule has 1 saturated heterocycles. The van der Waals surface area contributed by atoms with Gasteiger partial charge in [0.25, 0.3) is 6.71 Å². The number of halogens is 2. The Labute approximate surface area is 148 Å². The highest BCUT2D eigenvalue weighted by atomic mass is 35.5. The summed E-state index contributed by atoms with van der Waals surface area (Å²) in [6.07, 6.45) is 1.83. The number of nitrogens with zero attached hydrogens (tertiary/aromatic N) is 3. The molecule has 1 aromatic heterocycles. The molecule has 0 amide bonds. The first-order chi connectivity index (χ1) is 11.1. The summed E-state index contributed by atoms with van der Waals surface area (Å²) in [4.78, 5) is 6.68. The van der Waals surface area contributed by atoms with E-state index in [-0.39, 0.29) is 6.71 Å². The number of anilines is 1. The van der Waals surface area contributed by atoms with E-state index in [4.69, 9.17) is 28.5 Å². The van der Waals surface area contributed by atoms with Gasteiger partial charge >= 0.3 is 0 Å². The van der Waals surface area contributed by atoms with Crippen LogP contribution in [0.15, 0.2) is 18.2 Å². The van der Waals surface area contributed by atoms with Crippen molar-refractivity contribution >= 4 is 46.5 Å². The molecule has 0 unspecified atom stereocenters. The number of aryl methyl sites for hydroxylation is 1. The third-order valence-corrected chi connectivity index (χ3v) is 4.56. The molecule has 23 heavy (non-hydrogen) atoms. The number of fused-ring (bicyclic) bond motifs is 1. The molecule has 2 aromatic rings. The van der Waals surface area contributed by atoms with Crippen molar-refractivity contribution in [2.24, 2.45) is 0 Å². The molecular formula is C17H20BCl2N3. The molecule has 0 spiro atoms. The molecule has 3 rings (SSSR count). The minimum absolute atomic E-state index is 0.187. The summed E-state index contributed by atoms with van der Waals surface area (Å²) in [5.74, 6) is 2.36. The maximum Gasteiger partial charge on any atom is 0.271 e. The topological polar surface area (TPSA) is 39.9 Å². The molecule has 120 valence electrons. The first-order valence-electron chi connectivity index (χ1n) is 7.99. The second kappa shape index (κ2) is 7.90. The largest absolute Gasteiger partial charge is 0.373 e. The van der Waals surface area contributed by atoms with Crippen molar-refractivity contribution in [3.8, 4) is 5.97 Å². The maximum absolute atomic E-state index is 8.99. The average molecular weight is 348 g/mol. The molecular weight excluding hydrogens is 328 g/mol. The molecule has 0 saturated carbocycles. The average Bonchev–Trinajstić information content (AvgIpc) is 2.57. The van der Waals surface area contributed by atoms with E-state index < -0.39 is 0 Å². The van der Waals surface area contributed by atoms with E-state index in [0.717, 1.165) is 47.9 Å². The van der Waals surface area contributed by atoms with Gasteiger partial charge in [0.1, 0.15) is 5.15 Å². The van der Waals surface area contributed by atoms with Crippen molar-refractivity contribution in [2.75, 3.05) is 18.0 Å². The first kappa shape index (κ1) is 17.9. The van der Waals surface area contributed by atoms with Crippen LogP contribution in [-0.2, 0) is 0 Å². The summed E-state index contributed by atoms with van der Waals surface area (Å²) < 4.78 is 0. The van der Waals surface area contributed by atoms with Gasteiger partial charge in [0.15, 0.2) is 0 Å². The van der Waals surface area contributed by atoms with Crippen LogP contribution >= 0.6 is 23.2 Å². The Morgan fingerprint density at radius 1 is 1.17 bits per heavy atom. The lowest BCUT2D eigenvalue weighted by atomic mass is 9.45. The third-order valence-electron chi connectivity index (χ3n) is 4.05. The van der Waals surface area contributed by atoms with Crippen LogP contribution in [0.2, 0.25) is 22.8 Å². The van der Waals surface area contributed by atoms with Crippen LogP contribution in [0.1, 0.15) is 19.4 Å². The summed E-state index contributed by atoms with van der Waals surface area (Å²) in [5, 5.41) is 11.0. The van der Waals surface area contributed by atoms with Crippen molar-refractivity contribution in [1.29, 1.82) is 5.26 Å². The highest BCUT2D eigenvalue weighted by Gasteiger charge is 2.23. The van der Waals surface area contributed by atoms with Crippen LogP contribution in [-0.4, -0.2) is 24.8 Å². The summed E-state index contributed by atoms with van der Waals surface area (Å²) in [7, 11) is 0. The quantitative estimate of drug-likeness (QED) is 0.522. The van der Waals surface area contributed by atoms with Gasteiger partial charge in [0.05, 0.1) is 10.5 Å². The molecule has 1 aliphatic rings.